The number of aryl methyl sites for hydroxylation is 1. The van der Waals surface area contributed by atoms with Crippen LogP contribution in [0.25, 0.3) is 38.7 Å². The fourth-order valence-corrected chi connectivity index (χ4v) is 4.62. The molecule has 3 heterocycles. The highest BCUT2D eigenvalue weighted by Crippen LogP contribution is 2.38. The highest BCUT2D eigenvalue weighted by atomic mass is 16.7. The summed E-state index contributed by atoms with van der Waals surface area (Å²) in [5, 5.41) is 2.07. The second kappa shape index (κ2) is 6.47. The zero-order valence-corrected chi connectivity index (χ0v) is 19.0. The van der Waals surface area contributed by atoms with Crippen LogP contribution in [0.4, 0.5) is 0 Å². The molecule has 0 radical (unpaired) electrons. The highest BCUT2D eigenvalue weighted by molar-refractivity contribution is 6.66. The van der Waals surface area contributed by atoms with E-state index in [1.54, 1.807) is 0 Å². The van der Waals surface area contributed by atoms with Crippen molar-refractivity contribution in [2.45, 2.75) is 45.8 Å². The molecule has 32 heavy (non-hydrogen) atoms. The molecule has 5 aromatic rings. The van der Waals surface area contributed by atoms with Gasteiger partial charge in [-0.3, -0.25) is 4.57 Å². The molecule has 1 aliphatic rings. The van der Waals surface area contributed by atoms with Crippen LogP contribution in [0.2, 0.25) is 0 Å². The average molecular weight is 424 g/mol. The van der Waals surface area contributed by atoms with Gasteiger partial charge < -0.3 is 13.7 Å². The Bertz CT molecular complexity index is 1500. The predicted molar refractivity (Wildman–Crippen MR) is 129 cm³/mol. The molecule has 2 aromatic heterocycles. The summed E-state index contributed by atoms with van der Waals surface area (Å²) < 4.78 is 21.1. The van der Waals surface area contributed by atoms with Gasteiger partial charge in [-0.25, -0.2) is 4.98 Å². The molecule has 6 rings (SSSR count). The number of rotatable bonds is 2. The first-order chi connectivity index (χ1) is 15.2. The van der Waals surface area contributed by atoms with Crippen LogP contribution >= 0.6 is 0 Å². The summed E-state index contributed by atoms with van der Waals surface area (Å²) in [7, 11) is -0.455. The Morgan fingerprint density at radius 1 is 0.844 bits per heavy atom. The molecule has 0 aliphatic carbocycles. The first-order valence-electron chi connectivity index (χ1n) is 11.0. The number of hydrogen-bond acceptors (Lipinski definition) is 4. The molecule has 0 unspecified atom stereocenters. The molecule has 5 nitrogen and oxygen atoms in total. The van der Waals surface area contributed by atoms with E-state index in [-0.39, 0.29) is 0 Å². The lowest BCUT2D eigenvalue weighted by Gasteiger charge is -2.32. The molecule has 1 fully saturated rings. The van der Waals surface area contributed by atoms with Crippen LogP contribution in [0.1, 0.15) is 33.5 Å². The fraction of sp³-hybridized carbons (Fsp3) is 0.269. The Hall–Kier alpha value is -3.09. The third-order valence-electron chi connectivity index (χ3n) is 7.00. The monoisotopic (exact) mass is 424 g/mol. The van der Waals surface area contributed by atoms with Crippen molar-refractivity contribution < 1.29 is 13.7 Å². The van der Waals surface area contributed by atoms with Gasteiger partial charge in [0, 0.05) is 16.5 Å². The van der Waals surface area contributed by atoms with Crippen molar-refractivity contribution in [3.05, 3.63) is 66.5 Å². The lowest BCUT2D eigenvalue weighted by molar-refractivity contribution is 0.00578. The maximum absolute atomic E-state index is 6.38. The van der Waals surface area contributed by atoms with Gasteiger partial charge in [0.2, 0.25) is 0 Å². The van der Waals surface area contributed by atoms with Crippen molar-refractivity contribution in [3.8, 4) is 5.69 Å². The molecule has 1 aliphatic heterocycles. The lowest BCUT2D eigenvalue weighted by atomic mass is 9.76. The molecule has 0 spiro atoms. The van der Waals surface area contributed by atoms with Gasteiger partial charge in [0.05, 0.1) is 22.2 Å². The zero-order chi connectivity index (χ0) is 22.3. The fourth-order valence-electron chi connectivity index (χ4n) is 4.62. The summed E-state index contributed by atoms with van der Waals surface area (Å²) in [6.45, 7) is 10.3. The van der Waals surface area contributed by atoms with Gasteiger partial charge in [-0.15, -0.1) is 0 Å². The van der Waals surface area contributed by atoms with Gasteiger partial charge in [-0.2, -0.15) is 0 Å². The Kier molecular flexibility index (Phi) is 3.96. The minimum atomic E-state index is -0.455. The summed E-state index contributed by atoms with van der Waals surface area (Å²) in [4.78, 5) is 4.73. The molecule has 0 N–H and O–H groups in total. The third kappa shape index (κ3) is 2.69. The van der Waals surface area contributed by atoms with Crippen LogP contribution < -0.4 is 5.46 Å². The van der Waals surface area contributed by atoms with Gasteiger partial charge >= 0.3 is 7.12 Å². The zero-order valence-electron chi connectivity index (χ0n) is 19.0. The van der Waals surface area contributed by atoms with E-state index in [0.717, 1.165) is 49.9 Å². The molecular weight excluding hydrogens is 399 g/mol. The summed E-state index contributed by atoms with van der Waals surface area (Å²) in [5.74, 6) is 0.949. The number of furan rings is 1. The van der Waals surface area contributed by atoms with E-state index in [4.69, 9.17) is 18.7 Å². The quantitative estimate of drug-likeness (QED) is 0.350. The Morgan fingerprint density at radius 2 is 1.59 bits per heavy atom. The van der Waals surface area contributed by atoms with Crippen LogP contribution in [0, 0.1) is 6.92 Å². The topological polar surface area (TPSA) is 49.4 Å². The summed E-state index contributed by atoms with van der Waals surface area (Å²) in [6.07, 6.45) is 0. The van der Waals surface area contributed by atoms with E-state index < -0.39 is 18.3 Å². The average Bonchev–Trinajstić information content (AvgIpc) is 3.35. The van der Waals surface area contributed by atoms with Crippen LogP contribution in [-0.4, -0.2) is 27.9 Å². The normalized spacial score (nSPS) is 17.7. The number of para-hydroxylation sites is 2. The van der Waals surface area contributed by atoms with Crippen LogP contribution in [0.3, 0.4) is 0 Å². The minimum Gasteiger partial charge on any atom is -0.456 e. The second-order valence-corrected chi connectivity index (χ2v) is 9.57. The minimum absolute atomic E-state index is 0.405. The number of fused-ring (bicyclic) bond motifs is 4. The Balaban J connectivity index is 1.58. The van der Waals surface area contributed by atoms with Crippen LogP contribution in [0.5, 0.6) is 0 Å². The molecule has 160 valence electrons. The third-order valence-corrected chi connectivity index (χ3v) is 7.00. The van der Waals surface area contributed by atoms with Crippen molar-refractivity contribution in [2.75, 3.05) is 0 Å². The first kappa shape index (κ1) is 19.6. The number of hydrogen-bond donors (Lipinski definition) is 0. The number of aromatic nitrogens is 2. The summed E-state index contributed by atoms with van der Waals surface area (Å²) in [5.41, 5.74) is 4.98. The molecule has 6 heteroatoms. The molecule has 3 aromatic carbocycles. The highest BCUT2D eigenvalue weighted by Gasteiger charge is 2.52. The molecule has 0 bridgehead atoms. The van der Waals surface area contributed by atoms with Crippen LogP contribution in [-0.2, 0) is 9.31 Å². The number of imidazole rings is 1. The van der Waals surface area contributed by atoms with Crippen molar-refractivity contribution >= 4 is 45.6 Å². The van der Waals surface area contributed by atoms with Gasteiger partial charge in [-0.1, -0.05) is 24.3 Å². The van der Waals surface area contributed by atoms with Gasteiger partial charge in [0.15, 0.2) is 0 Å². The summed E-state index contributed by atoms with van der Waals surface area (Å²) in [6, 6.07) is 20.6. The van der Waals surface area contributed by atoms with E-state index in [0.29, 0.717) is 0 Å². The number of nitrogens with zero attached hydrogens (tertiary/aromatic N) is 2. The lowest BCUT2D eigenvalue weighted by Crippen LogP contribution is -2.41. The van der Waals surface area contributed by atoms with E-state index in [2.05, 4.69) is 56.5 Å². The molecule has 0 amide bonds. The SMILES string of the molecule is Cc1nc2ccccc2n1-c1ccc2oc3cccc(B4OC(C)(C)C(C)(C)O4)c3c2c1. The smallest absolute Gasteiger partial charge is 0.456 e. The standard InChI is InChI=1S/C26H25BN2O3/c1-16-28-20-10-6-7-11-21(20)29(16)17-13-14-22-18(15-17)24-19(9-8-12-23(24)30-22)27-31-25(2,3)26(4,5)32-27/h6-15H,1-5H3. The first-order valence-corrected chi connectivity index (χ1v) is 11.0. The van der Waals surface area contributed by atoms with E-state index in [1.807, 2.05) is 43.3 Å². The maximum Gasteiger partial charge on any atom is 0.495 e. The second-order valence-electron chi connectivity index (χ2n) is 9.57. The molecule has 0 atom stereocenters. The predicted octanol–water partition coefficient (Wildman–Crippen LogP) is 5.53. The largest absolute Gasteiger partial charge is 0.495 e. The van der Waals surface area contributed by atoms with Crippen molar-refractivity contribution in [1.82, 2.24) is 9.55 Å². The molecule has 0 saturated carbocycles. The van der Waals surface area contributed by atoms with E-state index in [1.165, 1.54) is 0 Å². The Morgan fingerprint density at radius 3 is 2.38 bits per heavy atom. The summed E-state index contributed by atoms with van der Waals surface area (Å²) >= 11 is 0. The number of benzene rings is 3. The van der Waals surface area contributed by atoms with Crippen molar-refractivity contribution in [1.29, 1.82) is 0 Å². The Labute approximate surface area is 187 Å². The van der Waals surface area contributed by atoms with Crippen molar-refractivity contribution in [3.63, 3.8) is 0 Å². The van der Waals surface area contributed by atoms with E-state index >= 15 is 0 Å². The van der Waals surface area contributed by atoms with Gasteiger partial charge in [0.25, 0.3) is 0 Å². The molecule has 1 saturated heterocycles. The van der Waals surface area contributed by atoms with E-state index in [9.17, 15) is 0 Å². The van der Waals surface area contributed by atoms with Crippen molar-refractivity contribution in [2.24, 2.45) is 0 Å². The van der Waals surface area contributed by atoms with Gasteiger partial charge in [0.1, 0.15) is 17.0 Å². The van der Waals surface area contributed by atoms with Crippen LogP contribution in [0.15, 0.2) is 65.1 Å². The molecular formula is C26H25BN2O3. The maximum atomic E-state index is 6.38. The van der Waals surface area contributed by atoms with Gasteiger partial charge in [-0.05, 0) is 76.5 Å².